The average molecular weight is 364 g/mol. The lowest BCUT2D eigenvalue weighted by atomic mass is 10.1. The van der Waals surface area contributed by atoms with Crippen LogP contribution in [0.1, 0.15) is 54.9 Å². The van der Waals surface area contributed by atoms with Crippen LogP contribution in [0.25, 0.3) is 0 Å². The third-order valence-electron chi connectivity index (χ3n) is 4.02. The highest BCUT2D eigenvalue weighted by atomic mass is 28.4. The van der Waals surface area contributed by atoms with Gasteiger partial charge in [-0.05, 0) is 45.8 Å². The topological polar surface area (TPSA) is 94.1 Å². The molecule has 1 amide bonds. The van der Waals surface area contributed by atoms with Crippen LogP contribution in [-0.4, -0.2) is 43.4 Å². The van der Waals surface area contributed by atoms with Gasteiger partial charge in [0.25, 0.3) is 0 Å². The Morgan fingerprint density at radius 2 is 1.62 bits per heavy atom. The van der Waals surface area contributed by atoms with Crippen LogP contribution in [0.15, 0.2) is 0 Å². The Labute approximate surface area is 146 Å². The molecule has 0 fully saturated rings. The Kier molecular flexibility index (Phi) is 7.92. The molecule has 8 heteroatoms. The second-order valence-corrected chi connectivity index (χ2v) is 13.3. The molecule has 142 valence electrons. The van der Waals surface area contributed by atoms with Crippen molar-refractivity contribution in [1.29, 1.82) is 0 Å². The van der Waals surface area contributed by atoms with Crippen LogP contribution in [0.4, 0.5) is 4.79 Å². The predicted octanol–water partition coefficient (Wildman–Crippen LogP) is 3.70. The Morgan fingerprint density at radius 3 is 2.00 bits per heavy atom. The van der Waals surface area contributed by atoms with Gasteiger partial charge in [-0.15, -0.1) is 0 Å². The van der Waals surface area contributed by atoms with Crippen molar-refractivity contribution in [2.75, 3.05) is 0 Å². The monoisotopic (exact) mass is 363 g/mol. The molecule has 2 N–H and O–H groups in total. The molecule has 0 saturated carbocycles. The first-order valence-electron chi connectivity index (χ1n) is 8.10. The minimum Gasteiger partial charge on any atom is -0.444 e. The Bertz CT molecular complexity index is 439. The summed E-state index contributed by atoms with van der Waals surface area (Å²) in [5.74, 6) is -0.809. The highest BCUT2D eigenvalue weighted by molar-refractivity contribution is 6.74. The SMILES string of the molecule is CC(NC(=O)OC(C)(C)C)C(CC(=O)OO)O[Si](C)(C)C(C)(C)C. The third-order valence-corrected chi connectivity index (χ3v) is 8.53. The normalized spacial score (nSPS) is 15.4. The van der Waals surface area contributed by atoms with Crippen molar-refractivity contribution in [3.8, 4) is 0 Å². The Hall–Kier alpha value is -1.12. The lowest BCUT2D eigenvalue weighted by Crippen LogP contribution is -2.52. The van der Waals surface area contributed by atoms with E-state index in [-0.39, 0.29) is 11.5 Å². The van der Waals surface area contributed by atoms with E-state index in [9.17, 15) is 9.59 Å². The van der Waals surface area contributed by atoms with Gasteiger partial charge >= 0.3 is 12.1 Å². The Morgan fingerprint density at radius 1 is 1.12 bits per heavy atom. The summed E-state index contributed by atoms with van der Waals surface area (Å²) in [6.45, 7) is 17.4. The molecule has 7 nitrogen and oxygen atoms in total. The maximum absolute atomic E-state index is 11.9. The number of carbonyl (C=O) groups excluding carboxylic acids is 2. The van der Waals surface area contributed by atoms with E-state index in [1.165, 1.54) is 0 Å². The van der Waals surface area contributed by atoms with E-state index in [4.69, 9.17) is 14.4 Å². The fourth-order valence-corrected chi connectivity index (χ4v) is 3.06. The van der Waals surface area contributed by atoms with Gasteiger partial charge in [0.05, 0.1) is 18.6 Å². The molecular formula is C16H33NO6Si. The quantitative estimate of drug-likeness (QED) is 0.424. The highest BCUT2D eigenvalue weighted by Crippen LogP contribution is 2.38. The summed E-state index contributed by atoms with van der Waals surface area (Å²) in [5, 5.41) is 11.2. The van der Waals surface area contributed by atoms with E-state index < -0.39 is 38.1 Å². The molecule has 24 heavy (non-hydrogen) atoms. The van der Waals surface area contributed by atoms with Gasteiger partial charge < -0.3 is 19.4 Å². The smallest absolute Gasteiger partial charge is 0.407 e. The molecule has 0 radical (unpaired) electrons. The fraction of sp³-hybridized carbons (Fsp3) is 0.875. The van der Waals surface area contributed by atoms with Gasteiger partial charge in [-0.3, -0.25) is 0 Å². The number of alkyl carbamates (subject to hydrolysis) is 1. The maximum Gasteiger partial charge on any atom is 0.407 e. The van der Waals surface area contributed by atoms with Gasteiger partial charge in [-0.1, -0.05) is 20.8 Å². The van der Waals surface area contributed by atoms with E-state index >= 15 is 0 Å². The second kappa shape index (κ2) is 8.31. The first-order chi connectivity index (χ1) is 10.6. The van der Waals surface area contributed by atoms with Crippen molar-refractivity contribution in [2.24, 2.45) is 0 Å². The van der Waals surface area contributed by atoms with E-state index in [2.05, 4.69) is 31.0 Å². The van der Waals surface area contributed by atoms with Gasteiger partial charge in [0.1, 0.15) is 5.60 Å². The molecule has 0 aromatic heterocycles. The van der Waals surface area contributed by atoms with Crippen molar-refractivity contribution in [3.63, 3.8) is 0 Å². The van der Waals surface area contributed by atoms with Gasteiger partial charge in [-0.25, -0.2) is 9.59 Å². The lowest BCUT2D eigenvalue weighted by Gasteiger charge is -2.40. The van der Waals surface area contributed by atoms with Gasteiger partial charge in [-0.2, -0.15) is 5.26 Å². The number of carbonyl (C=O) groups is 2. The number of hydrogen-bond donors (Lipinski definition) is 2. The number of ether oxygens (including phenoxy) is 1. The number of rotatable bonds is 6. The molecule has 0 spiro atoms. The minimum absolute atomic E-state index is 0.0694. The largest absolute Gasteiger partial charge is 0.444 e. The zero-order valence-electron chi connectivity index (χ0n) is 16.4. The average Bonchev–Trinajstić information content (AvgIpc) is 2.33. The van der Waals surface area contributed by atoms with Crippen molar-refractivity contribution < 1.29 is 28.9 Å². The summed E-state index contributed by atoms with van der Waals surface area (Å²) in [4.78, 5) is 27.2. The first-order valence-corrected chi connectivity index (χ1v) is 11.0. The molecule has 0 aliphatic carbocycles. The summed E-state index contributed by atoms with van der Waals surface area (Å²) >= 11 is 0. The summed E-state index contributed by atoms with van der Waals surface area (Å²) < 4.78 is 11.5. The number of nitrogens with one attached hydrogen (secondary N) is 1. The fourth-order valence-electron chi connectivity index (χ4n) is 1.66. The molecule has 0 saturated heterocycles. The van der Waals surface area contributed by atoms with Crippen LogP contribution in [0.3, 0.4) is 0 Å². The summed E-state index contributed by atoms with van der Waals surface area (Å²) in [7, 11) is -2.19. The van der Waals surface area contributed by atoms with E-state index in [0.717, 1.165) is 0 Å². The van der Waals surface area contributed by atoms with Crippen LogP contribution in [-0.2, 0) is 18.8 Å². The predicted molar refractivity (Wildman–Crippen MR) is 94.2 cm³/mol. The summed E-state index contributed by atoms with van der Waals surface area (Å²) in [5.41, 5.74) is -0.621. The third kappa shape index (κ3) is 8.12. The van der Waals surface area contributed by atoms with Crippen LogP contribution in [0.5, 0.6) is 0 Å². The standard InChI is InChI=1S/C16H33NO6Si/c1-11(17-14(19)21-15(2,3)4)12(10-13(18)22-20)23-24(8,9)16(5,6)7/h11-12,20H,10H2,1-9H3,(H,17,19). The molecule has 0 heterocycles. The molecule has 0 rings (SSSR count). The zero-order valence-corrected chi connectivity index (χ0v) is 17.4. The van der Waals surface area contributed by atoms with E-state index in [0.29, 0.717) is 0 Å². The summed E-state index contributed by atoms with van der Waals surface area (Å²) in [6.07, 6.45) is -1.38. The van der Waals surface area contributed by atoms with Gasteiger partial charge in [0, 0.05) is 0 Å². The molecule has 0 bridgehead atoms. The van der Waals surface area contributed by atoms with E-state index in [1.54, 1.807) is 27.7 Å². The zero-order chi connectivity index (χ0) is 19.3. The summed E-state index contributed by atoms with van der Waals surface area (Å²) in [6, 6.07) is -0.493. The van der Waals surface area contributed by atoms with Gasteiger partial charge in [0.2, 0.25) is 0 Å². The first kappa shape index (κ1) is 22.9. The van der Waals surface area contributed by atoms with Crippen LogP contribution < -0.4 is 5.32 Å². The maximum atomic E-state index is 11.9. The molecule has 0 aliphatic heterocycles. The van der Waals surface area contributed by atoms with Crippen LogP contribution >= 0.6 is 0 Å². The number of amides is 1. The molecule has 0 aromatic rings. The van der Waals surface area contributed by atoms with Gasteiger partial charge in [0.15, 0.2) is 8.32 Å². The van der Waals surface area contributed by atoms with Crippen molar-refractivity contribution >= 4 is 20.4 Å². The molecule has 0 aliphatic rings. The van der Waals surface area contributed by atoms with Crippen LogP contribution in [0.2, 0.25) is 18.1 Å². The molecule has 2 atom stereocenters. The van der Waals surface area contributed by atoms with Crippen molar-refractivity contribution in [2.45, 2.75) is 90.8 Å². The molecular weight excluding hydrogens is 330 g/mol. The number of hydrogen-bond acceptors (Lipinski definition) is 6. The molecule has 0 aromatic carbocycles. The Balaban J connectivity index is 5.13. The second-order valence-electron chi connectivity index (χ2n) is 8.52. The molecule has 2 unspecified atom stereocenters. The minimum atomic E-state index is -2.19. The lowest BCUT2D eigenvalue weighted by molar-refractivity contribution is -0.236. The van der Waals surface area contributed by atoms with Crippen molar-refractivity contribution in [3.05, 3.63) is 0 Å². The van der Waals surface area contributed by atoms with Crippen molar-refractivity contribution in [1.82, 2.24) is 5.32 Å². The van der Waals surface area contributed by atoms with Crippen LogP contribution in [0, 0.1) is 0 Å². The highest BCUT2D eigenvalue weighted by Gasteiger charge is 2.41. The van der Waals surface area contributed by atoms with E-state index in [1.807, 2.05) is 13.1 Å².